The first kappa shape index (κ1) is 17.9. The molecule has 1 heterocycles. The molecule has 0 bridgehead atoms. The number of amides is 2. The fourth-order valence-corrected chi connectivity index (χ4v) is 4.01. The lowest BCUT2D eigenvalue weighted by atomic mass is 9.91. The van der Waals surface area contributed by atoms with E-state index in [1.54, 1.807) is 24.3 Å². The molecule has 2 aliphatic rings. The van der Waals surface area contributed by atoms with Gasteiger partial charge in [-0.3, -0.25) is 14.5 Å². The molecule has 5 heteroatoms. The summed E-state index contributed by atoms with van der Waals surface area (Å²) in [6.45, 7) is 0.256. The van der Waals surface area contributed by atoms with Gasteiger partial charge in [0.15, 0.2) is 0 Å². The molecule has 1 aliphatic heterocycles. The number of hydrogen-bond donors (Lipinski definition) is 1. The molecule has 27 heavy (non-hydrogen) atoms. The molecule has 1 fully saturated rings. The van der Waals surface area contributed by atoms with Crippen molar-refractivity contribution < 1.29 is 19.4 Å². The number of fused-ring (bicyclic) bond motifs is 1. The molecule has 5 nitrogen and oxygen atoms in total. The van der Waals surface area contributed by atoms with Gasteiger partial charge in [-0.25, -0.2) is 0 Å². The van der Waals surface area contributed by atoms with Crippen molar-refractivity contribution in [1.29, 1.82) is 0 Å². The number of aliphatic hydroxyl groups is 1. The van der Waals surface area contributed by atoms with Crippen LogP contribution in [0.5, 0.6) is 0 Å². The fourth-order valence-electron chi connectivity index (χ4n) is 4.01. The normalized spacial score (nSPS) is 23.4. The first-order valence-corrected chi connectivity index (χ1v) is 9.46. The zero-order valence-electron chi connectivity index (χ0n) is 15.1. The molecule has 1 aliphatic carbocycles. The molecule has 2 aromatic carbocycles. The van der Waals surface area contributed by atoms with Crippen LogP contribution in [0, 0.1) is 0 Å². The minimum atomic E-state index is -0.639. The number of aliphatic hydroxyl groups excluding tert-OH is 1. The van der Waals surface area contributed by atoms with Gasteiger partial charge in [-0.05, 0) is 43.4 Å². The summed E-state index contributed by atoms with van der Waals surface area (Å²) in [6.07, 6.45) is 2.43. The number of carbonyl (C=O) groups excluding carboxylic acids is 2. The summed E-state index contributed by atoms with van der Waals surface area (Å²) in [5.74, 6) is -0.362. The highest BCUT2D eigenvalue weighted by atomic mass is 16.5. The molecule has 0 aromatic heterocycles. The van der Waals surface area contributed by atoms with E-state index in [0.29, 0.717) is 11.1 Å². The highest BCUT2D eigenvalue weighted by molar-refractivity contribution is 6.21. The van der Waals surface area contributed by atoms with Gasteiger partial charge in [0.2, 0.25) is 0 Å². The third-order valence-corrected chi connectivity index (χ3v) is 5.51. The summed E-state index contributed by atoms with van der Waals surface area (Å²) in [5, 5.41) is 10.2. The molecule has 2 amide bonds. The van der Waals surface area contributed by atoms with E-state index in [1.807, 2.05) is 30.3 Å². The van der Waals surface area contributed by atoms with Gasteiger partial charge in [-0.15, -0.1) is 0 Å². The quantitative estimate of drug-likeness (QED) is 0.825. The molecule has 1 N–H and O–H groups in total. The largest absolute Gasteiger partial charge is 0.386 e. The van der Waals surface area contributed by atoms with Crippen LogP contribution in [-0.4, -0.2) is 40.6 Å². The zero-order chi connectivity index (χ0) is 18.8. The Labute approximate surface area is 158 Å². The average molecular weight is 365 g/mol. The Morgan fingerprint density at radius 1 is 0.889 bits per heavy atom. The molecule has 1 saturated carbocycles. The SMILES string of the molecule is O=C1c2ccccc2C(=O)N1[C@H]1CC[C@H](OCC(O)c2ccccc2)CC1. The highest BCUT2D eigenvalue weighted by Gasteiger charge is 2.40. The van der Waals surface area contributed by atoms with E-state index in [-0.39, 0.29) is 30.6 Å². The predicted molar refractivity (Wildman–Crippen MR) is 100 cm³/mol. The predicted octanol–water partition coefficient (Wildman–Crippen LogP) is 3.34. The Hall–Kier alpha value is -2.50. The molecule has 1 atom stereocenters. The number of imide groups is 1. The van der Waals surface area contributed by atoms with Crippen molar-refractivity contribution in [2.75, 3.05) is 6.61 Å². The lowest BCUT2D eigenvalue weighted by Crippen LogP contribution is -2.43. The third kappa shape index (κ3) is 3.53. The number of rotatable bonds is 5. The maximum absolute atomic E-state index is 12.6. The number of nitrogens with zero attached hydrogens (tertiary/aromatic N) is 1. The molecule has 0 spiro atoms. The van der Waals surface area contributed by atoms with Crippen LogP contribution in [0.2, 0.25) is 0 Å². The molecule has 0 radical (unpaired) electrons. The van der Waals surface area contributed by atoms with Crippen molar-refractivity contribution >= 4 is 11.8 Å². The lowest BCUT2D eigenvalue weighted by Gasteiger charge is -2.33. The van der Waals surface area contributed by atoms with Crippen LogP contribution in [-0.2, 0) is 4.74 Å². The summed E-state index contributed by atoms with van der Waals surface area (Å²) >= 11 is 0. The first-order chi connectivity index (χ1) is 13.1. The maximum atomic E-state index is 12.6. The summed E-state index contributed by atoms with van der Waals surface area (Å²) < 4.78 is 5.89. The summed E-state index contributed by atoms with van der Waals surface area (Å²) in [7, 11) is 0. The monoisotopic (exact) mass is 365 g/mol. The van der Waals surface area contributed by atoms with E-state index >= 15 is 0 Å². The number of hydrogen-bond acceptors (Lipinski definition) is 4. The van der Waals surface area contributed by atoms with E-state index in [0.717, 1.165) is 31.2 Å². The minimum Gasteiger partial charge on any atom is -0.386 e. The van der Waals surface area contributed by atoms with Crippen molar-refractivity contribution in [2.45, 2.75) is 43.9 Å². The Morgan fingerprint density at radius 3 is 2.04 bits per heavy atom. The average Bonchev–Trinajstić information content (AvgIpc) is 2.98. The van der Waals surface area contributed by atoms with Gasteiger partial charge < -0.3 is 9.84 Å². The summed E-state index contributed by atoms with van der Waals surface area (Å²) in [4.78, 5) is 26.6. The molecular formula is C22H23NO4. The van der Waals surface area contributed by atoms with Crippen LogP contribution in [0.1, 0.15) is 58.1 Å². The van der Waals surface area contributed by atoms with Crippen LogP contribution >= 0.6 is 0 Å². The second-order valence-electron chi connectivity index (χ2n) is 7.22. The van der Waals surface area contributed by atoms with Crippen molar-refractivity contribution in [3.8, 4) is 0 Å². The van der Waals surface area contributed by atoms with Crippen LogP contribution in [0.15, 0.2) is 54.6 Å². The van der Waals surface area contributed by atoms with E-state index in [9.17, 15) is 14.7 Å². The van der Waals surface area contributed by atoms with E-state index in [1.165, 1.54) is 4.90 Å². The summed E-state index contributed by atoms with van der Waals surface area (Å²) in [6, 6.07) is 16.4. The molecular weight excluding hydrogens is 342 g/mol. The second-order valence-corrected chi connectivity index (χ2v) is 7.22. The van der Waals surface area contributed by atoms with Crippen LogP contribution in [0.3, 0.4) is 0 Å². The molecule has 4 rings (SSSR count). The van der Waals surface area contributed by atoms with Gasteiger partial charge >= 0.3 is 0 Å². The summed E-state index contributed by atoms with van der Waals surface area (Å²) in [5.41, 5.74) is 1.86. The van der Waals surface area contributed by atoms with Gasteiger partial charge in [-0.1, -0.05) is 42.5 Å². The standard InChI is InChI=1S/C22H23NO4/c24-20(15-6-2-1-3-7-15)14-27-17-12-10-16(11-13-17)23-21(25)18-8-4-5-9-19(18)22(23)26/h1-9,16-17,20,24H,10-14H2/t16-,17-,20?. The third-order valence-electron chi connectivity index (χ3n) is 5.51. The van der Waals surface area contributed by atoms with E-state index in [4.69, 9.17) is 4.74 Å². The maximum Gasteiger partial charge on any atom is 0.261 e. The number of benzene rings is 2. The van der Waals surface area contributed by atoms with Gasteiger partial charge in [0.05, 0.1) is 23.8 Å². The second kappa shape index (κ2) is 7.62. The van der Waals surface area contributed by atoms with Crippen molar-refractivity contribution in [1.82, 2.24) is 4.90 Å². The zero-order valence-corrected chi connectivity index (χ0v) is 15.1. The van der Waals surface area contributed by atoms with Crippen molar-refractivity contribution in [3.63, 3.8) is 0 Å². The van der Waals surface area contributed by atoms with Gasteiger partial charge in [0, 0.05) is 6.04 Å². The molecule has 0 saturated heterocycles. The smallest absolute Gasteiger partial charge is 0.261 e. The molecule has 140 valence electrons. The first-order valence-electron chi connectivity index (χ1n) is 9.46. The Bertz CT molecular complexity index is 792. The van der Waals surface area contributed by atoms with Crippen LogP contribution in [0.25, 0.3) is 0 Å². The van der Waals surface area contributed by atoms with Crippen molar-refractivity contribution in [3.05, 3.63) is 71.3 Å². The van der Waals surface area contributed by atoms with Gasteiger partial charge in [0.25, 0.3) is 11.8 Å². The lowest BCUT2D eigenvalue weighted by molar-refractivity contribution is -0.0322. The van der Waals surface area contributed by atoms with Gasteiger partial charge in [-0.2, -0.15) is 0 Å². The Kier molecular flexibility index (Phi) is 5.05. The Morgan fingerprint density at radius 2 is 1.44 bits per heavy atom. The fraction of sp³-hybridized carbons (Fsp3) is 0.364. The minimum absolute atomic E-state index is 0.0507. The van der Waals surface area contributed by atoms with Crippen LogP contribution < -0.4 is 0 Å². The topological polar surface area (TPSA) is 66.8 Å². The number of carbonyl (C=O) groups is 2. The van der Waals surface area contributed by atoms with E-state index < -0.39 is 6.10 Å². The van der Waals surface area contributed by atoms with Gasteiger partial charge in [0.1, 0.15) is 6.10 Å². The molecule has 1 unspecified atom stereocenters. The van der Waals surface area contributed by atoms with Crippen LogP contribution in [0.4, 0.5) is 0 Å². The Balaban J connectivity index is 1.31. The number of ether oxygens (including phenoxy) is 1. The van der Waals surface area contributed by atoms with Crippen molar-refractivity contribution in [2.24, 2.45) is 0 Å². The molecule has 2 aromatic rings. The van der Waals surface area contributed by atoms with E-state index in [2.05, 4.69) is 0 Å². The highest BCUT2D eigenvalue weighted by Crippen LogP contribution is 2.32.